The summed E-state index contributed by atoms with van der Waals surface area (Å²) in [6, 6.07) is 11.1. The predicted molar refractivity (Wildman–Crippen MR) is 119 cm³/mol. The summed E-state index contributed by atoms with van der Waals surface area (Å²) in [6.45, 7) is 0. The SMILES string of the molecule is COC1(c2ccc(Cl)cc2)C=CC(OC)(c2ccc(C3(O)C=CC(=O)C=C3)nc2)C=C1. The Balaban J connectivity index is 1.65. The number of hydrogen-bond acceptors (Lipinski definition) is 5. The zero-order valence-electron chi connectivity index (χ0n) is 17.2. The van der Waals surface area contributed by atoms with Crippen molar-refractivity contribution in [2.45, 2.75) is 16.8 Å². The van der Waals surface area contributed by atoms with Gasteiger partial charge in [0.1, 0.15) is 16.8 Å². The second kappa shape index (κ2) is 8.02. The smallest absolute Gasteiger partial charge is 0.178 e. The van der Waals surface area contributed by atoms with Gasteiger partial charge in [-0.25, -0.2) is 0 Å². The summed E-state index contributed by atoms with van der Waals surface area (Å²) in [5.41, 5.74) is -0.840. The first-order valence-corrected chi connectivity index (χ1v) is 10.1. The number of carbonyl (C=O) groups excluding carboxylic acids is 1. The van der Waals surface area contributed by atoms with E-state index < -0.39 is 16.8 Å². The quantitative estimate of drug-likeness (QED) is 0.715. The van der Waals surface area contributed by atoms with Crippen molar-refractivity contribution >= 4 is 17.4 Å². The Bertz CT molecular complexity index is 1070. The molecule has 31 heavy (non-hydrogen) atoms. The standard InChI is InChI=1S/C25H22ClNO4/c1-30-24(18-3-6-20(26)7-4-18)13-15-25(31-2,16-14-24)19-5-8-22(27-17-19)23(29)11-9-21(28)10-12-23/h3-17,29H,1-2H3. The Kier molecular flexibility index (Phi) is 5.54. The van der Waals surface area contributed by atoms with Crippen molar-refractivity contribution in [1.29, 1.82) is 0 Å². The molecule has 5 nitrogen and oxygen atoms in total. The van der Waals surface area contributed by atoms with Crippen LogP contribution < -0.4 is 0 Å². The van der Waals surface area contributed by atoms with Gasteiger partial charge in [-0.2, -0.15) is 0 Å². The van der Waals surface area contributed by atoms with Crippen molar-refractivity contribution in [1.82, 2.24) is 4.98 Å². The van der Waals surface area contributed by atoms with Crippen molar-refractivity contribution in [2.24, 2.45) is 0 Å². The lowest BCUT2D eigenvalue weighted by Crippen LogP contribution is -2.33. The summed E-state index contributed by atoms with van der Waals surface area (Å²) in [5.74, 6) is -0.167. The first-order chi connectivity index (χ1) is 14.8. The summed E-state index contributed by atoms with van der Waals surface area (Å²) < 4.78 is 11.7. The molecule has 0 atom stereocenters. The van der Waals surface area contributed by atoms with Crippen molar-refractivity contribution in [3.63, 3.8) is 0 Å². The molecule has 1 heterocycles. The minimum absolute atomic E-state index is 0.167. The number of benzene rings is 1. The number of nitrogens with zero attached hydrogens (tertiary/aromatic N) is 1. The highest BCUT2D eigenvalue weighted by Gasteiger charge is 2.37. The van der Waals surface area contributed by atoms with Gasteiger partial charge >= 0.3 is 0 Å². The van der Waals surface area contributed by atoms with Gasteiger partial charge in [-0.3, -0.25) is 9.78 Å². The molecule has 2 aliphatic rings. The highest BCUT2D eigenvalue weighted by Crippen LogP contribution is 2.40. The van der Waals surface area contributed by atoms with Crippen LogP contribution in [-0.2, 0) is 31.1 Å². The summed E-state index contributed by atoms with van der Waals surface area (Å²) in [7, 11) is 3.27. The van der Waals surface area contributed by atoms with Crippen LogP contribution in [0, 0.1) is 0 Å². The minimum Gasteiger partial charge on any atom is -0.376 e. The van der Waals surface area contributed by atoms with Crippen LogP contribution in [0.3, 0.4) is 0 Å². The van der Waals surface area contributed by atoms with E-state index in [2.05, 4.69) is 4.98 Å². The molecule has 0 fully saturated rings. The molecule has 2 aromatic rings. The fourth-order valence-electron chi connectivity index (χ4n) is 3.77. The first-order valence-electron chi connectivity index (χ1n) is 9.74. The van der Waals surface area contributed by atoms with E-state index in [1.165, 1.54) is 24.3 Å². The molecule has 158 valence electrons. The summed E-state index contributed by atoms with van der Waals surface area (Å²) in [6.07, 6.45) is 14.9. The van der Waals surface area contributed by atoms with Gasteiger partial charge in [0, 0.05) is 31.0 Å². The molecule has 0 saturated carbocycles. The van der Waals surface area contributed by atoms with Gasteiger partial charge in [-0.05, 0) is 72.4 Å². The number of hydrogen-bond donors (Lipinski definition) is 1. The number of pyridine rings is 1. The van der Waals surface area contributed by atoms with E-state index in [9.17, 15) is 9.90 Å². The third-order valence-corrected chi connectivity index (χ3v) is 6.01. The number of carbonyl (C=O) groups is 1. The molecular weight excluding hydrogens is 414 g/mol. The summed E-state index contributed by atoms with van der Waals surface area (Å²) in [4.78, 5) is 15.8. The maximum Gasteiger partial charge on any atom is 0.178 e. The molecule has 0 radical (unpaired) electrons. The monoisotopic (exact) mass is 435 g/mol. The number of aliphatic hydroxyl groups is 1. The van der Waals surface area contributed by atoms with Gasteiger partial charge in [0.15, 0.2) is 5.78 Å². The first kappa shape index (κ1) is 21.4. The molecule has 6 heteroatoms. The second-order valence-electron chi connectivity index (χ2n) is 7.49. The van der Waals surface area contributed by atoms with Crippen LogP contribution in [0.25, 0.3) is 0 Å². The predicted octanol–water partition coefficient (Wildman–Crippen LogP) is 4.13. The molecule has 0 saturated heterocycles. The normalized spacial score (nSPS) is 26.4. The number of aromatic nitrogens is 1. The Morgan fingerprint density at radius 2 is 1.32 bits per heavy atom. The molecule has 1 aromatic heterocycles. The lowest BCUT2D eigenvalue weighted by molar-refractivity contribution is -0.110. The van der Waals surface area contributed by atoms with Gasteiger partial charge in [0.25, 0.3) is 0 Å². The fraction of sp³-hybridized carbons (Fsp3) is 0.200. The molecule has 0 spiro atoms. The number of rotatable bonds is 5. The molecule has 0 amide bonds. The van der Waals surface area contributed by atoms with Crippen molar-refractivity contribution in [3.05, 3.63) is 113 Å². The third kappa shape index (κ3) is 3.82. The minimum atomic E-state index is -1.41. The average molecular weight is 436 g/mol. The van der Waals surface area contributed by atoms with Crippen LogP contribution in [0.1, 0.15) is 16.8 Å². The topological polar surface area (TPSA) is 68.7 Å². The van der Waals surface area contributed by atoms with Crippen molar-refractivity contribution in [3.8, 4) is 0 Å². The van der Waals surface area contributed by atoms with Crippen molar-refractivity contribution in [2.75, 3.05) is 14.2 Å². The molecule has 0 bridgehead atoms. The lowest BCUT2D eigenvalue weighted by atomic mass is 9.81. The fourth-order valence-corrected chi connectivity index (χ4v) is 3.90. The lowest BCUT2D eigenvalue weighted by Gasteiger charge is -2.36. The maximum absolute atomic E-state index is 11.4. The van der Waals surface area contributed by atoms with Gasteiger partial charge in [-0.15, -0.1) is 0 Å². The van der Waals surface area contributed by atoms with E-state index in [4.69, 9.17) is 21.1 Å². The van der Waals surface area contributed by atoms with E-state index in [0.29, 0.717) is 10.7 Å². The van der Waals surface area contributed by atoms with Crippen LogP contribution >= 0.6 is 11.6 Å². The zero-order chi connectivity index (χ0) is 22.1. The van der Waals surface area contributed by atoms with E-state index in [-0.39, 0.29) is 5.78 Å². The van der Waals surface area contributed by atoms with Crippen LogP contribution in [-0.4, -0.2) is 30.1 Å². The van der Waals surface area contributed by atoms with Gasteiger partial charge in [0.2, 0.25) is 0 Å². The number of ketones is 1. The Hall–Kier alpha value is -2.83. The van der Waals surface area contributed by atoms with E-state index in [1.807, 2.05) is 54.6 Å². The van der Waals surface area contributed by atoms with Crippen LogP contribution in [0.5, 0.6) is 0 Å². The van der Waals surface area contributed by atoms with E-state index in [0.717, 1.165) is 11.1 Å². The number of allylic oxidation sites excluding steroid dienone is 2. The molecule has 1 N–H and O–H groups in total. The molecule has 1 aromatic carbocycles. The highest BCUT2D eigenvalue weighted by molar-refractivity contribution is 6.30. The van der Waals surface area contributed by atoms with E-state index in [1.54, 1.807) is 26.5 Å². The van der Waals surface area contributed by atoms with Gasteiger partial charge < -0.3 is 14.6 Å². The average Bonchev–Trinajstić information content (AvgIpc) is 2.82. The van der Waals surface area contributed by atoms with E-state index >= 15 is 0 Å². The molecular formula is C25H22ClNO4. The van der Waals surface area contributed by atoms with Crippen LogP contribution in [0.15, 0.2) is 91.2 Å². The summed E-state index contributed by atoms with van der Waals surface area (Å²) in [5, 5.41) is 11.4. The zero-order valence-corrected chi connectivity index (χ0v) is 17.9. The highest BCUT2D eigenvalue weighted by atomic mass is 35.5. The molecule has 4 rings (SSSR count). The van der Waals surface area contributed by atoms with Gasteiger partial charge in [-0.1, -0.05) is 29.8 Å². The third-order valence-electron chi connectivity index (χ3n) is 5.76. The largest absolute Gasteiger partial charge is 0.376 e. The summed E-state index contributed by atoms with van der Waals surface area (Å²) >= 11 is 6.03. The Labute approximate surface area is 186 Å². The Morgan fingerprint density at radius 1 is 0.806 bits per heavy atom. The van der Waals surface area contributed by atoms with Crippen LogP contribution in [0.2, 0.25) is 5.02 Å². The molecule has 0 aliphatic heterocycles. The molecule has 2 aliphatic carbocycles. The second-order valence-corrected chi connectivity index (χ2v) is 7.93. The molecule has 0 unspecified atom stereocenters. The van der Waals surface area contributed by atoms with Crippen molar-refractivity contribution < 1.29 is 19.4 Å². The number of halogens is 1. The number of ether oxygens (including phenoxy) is 2. The van der Waals surface area contributed by atoms with Gasteiger partial charge in [0.05, 0.1) is 5.69 Å². The Morgan fingerprint density at radius 3 is 1.81 bits per heavy atom. The maximum atomic E-state index is 11.4. The number of methoxy groups -OCH3 is 2. The van der Waals surface area contributed by atoms with Crippen LogP contribution in [0.4, 0.5) is 0 Å².